The molecule has 0 fully saturated rings. The molecule has 0 bridgehead atoms. The van der Waals surface area contributed by atoms with Crippen molar-refractivity contribution >= 4 is 21.8 Å². The minimum Gasteiger partial charge on any atom is -0.348 e. The summed E-state index contributed by atoms with van der Waals surface area (Å²) >= 11 is 3.33. The fraction of sp³-hybridized carbons (Fsp3) is 0.417. The van der Waals surface area contributed by atoms with Crippen LogP contribution in [0.15, 0.2) is 24.3 Å². The second-order valence-electron chi connectivity index (χ2n) is 3.96. The smallest absolute Gasteiger partial charge is 0.254 e. The summed E-state index contributed by atoms with van der Waals surface area (Å²) in [5.74, 6) is -0.552. The van der Waals surface area contributed by atoms with Gasteiger partial charge >= 0.3 is 0 Å². The molecule has 0 aliphatic rings. The van der Waals surface area contributed by atoms with E-state index >= 15 is 0 Å². The molecule has 0 saturated heterocycles. The zero-order valence-electron chi connectivity index (χ0n) is 9.34. The Morgan fingerprint density at radius 1 is 1.44 bits per heavy atom. The molecule has 2 nitrogen and oxygen atoms in total. The number of alkyl halides is 1. The lowest BCUT2D eigenvalue weighted by molar-refractivity contribution is 0.0927. The van der Waals surface area contributed by atoms with Crippen molar-refractivity contribution in [1.29, 1.82) is 0 Å². The van der Waals surface area contributed by atoms with E-state index in [1.807, 2.05) is 13.8 Å². The van der Waals surface area contributed by atoms with Crippen LogP contribution in [0.25, 0.3) is 0 Å². The number of carbonyl (C=O) groups excluding carboxylic acids is 1. The number of hydrogen-bond acceptors (Lipinski definition) is 1. The van der Waals surface area contributed by atoms with Crippen LogP contribution in [0.2, 0.25) is 0 Å². The summed E-state index contributed by atoms with van der Waals surface area (Å²) in [6.45, 7) is 4.01. The van der Waals surface area contributed by atoms with Crippen molar-refractivity contribution in [2.45, 2.75) is 19.9 Å². The Balaban J connectivity index is 2.76. The zero-order valence-corrected chi connectivity index (χ0v) is 10.9. The Hall–Kier alpha value is -0.900. The first-order chi connectivity index (χ1) is 7.56. The van der Waals surface area contributed by atoms with Crippen LogP contribution in [0.4, 0.5) is 4.39 Å². The van der Waals surface area contributed by atoms with E-state index in [9.17, 15) is 9.18 Å². The number of benzene rings is 1. The van der Waals surface area contributed by atoms with Gasteiger partial charge in [0, 0.05) is 11.4 Å². The van der Waals surface area contributed by atoms with Crippen molar-refractivity contribution in [3.05, 3.63) is 35.6 Å². The lowest BCUT2D eigenvalue weighted by atomic mass is 10.1. The molecule has 1 aromatic rings. The molecular formula is C12H15BrFNO. The van der Waals surface area contributed by atoms with Gasteiger partial charge in [0.25, 0.3) is 5.91 Å². The highest BCUT2D eigenvalue weighted by Crippen LogP contribution is 2.09. The molecule has 1 rings (SSSR count). The largest absolute Gasteiger partial charge is 0.348 e. The van der Waals surface area contributed by atoms with Gasteiger partial charge in [-0.05, 0) is 18.1 Å². The Labute approximate surface area is 103 Å². The van der Waals surface area contributed by atoms with Gasteiger partial charge in [-0.25, -0.2) is 4.39 Å². The van der Waals surface area contributed by atoms with Crippen LogP contribution in [0.5, 0.6) is 0 Å². The van der Waals surface area contributed by atoms with Gasteiger partial charge in [0.2, 0.25) is 0 Å². The topological polar surface area (TPSA) is 29.1 Å². The fourth-order valence-corrected chi connectivity index (χ4v) is 2.18. The number of halogens is 2. The molecular weight excluding hydrogens is 273 g/mol. The first kappa shape index (κ1) is 13.2. The van der Waals surface area contributed by atoms with Gasteiger partial charge in [0.15, 0.2) is 0 Å². The summed E-state index contributed by atoms with van der Waals surface area (Å²) in [7, 11) is 0. The first-order valence-electron chi connectivity index (χ1n) is 5.17. The van der Waals surface area contributed by atoms with E-state index in [0.29, 0.717) is 11.2 Å². The van der Waals surface area contributed by atoms with Crippen LogP contribution in [0.1, 0.15) is 24.2 Å². The first-order valence-corrected chi connectivity index (χ1v) is 6.29. The molecule has 88 valence electrons. The predicted molar refractivity (Wildman–Crippen MR) is 66.3 cm³/mol. The maximum absolute atomic E-state index is 13.3. The van der Waals surface area contributed by atoms with E-state index in [4.69, 9.17) is 0 Å². The summed E-state index contributed by atoms with van der Waals surface area (Å²) in [6.07, 6.45) is 0. The van der Waals surface area contributed by atoms with E-state index in [1.54, 1.807) is 12.1 Å². The third-order valence-corrected chi connectivity index (χ3v) is 3.10. The highest BCUT2D eigenvalue weighted by Gasteiger charge is 2.17. The quantitative estimate of drug-likeness (QED) is 0.848. The number of carbonyl (C=O) groups is 1. The lowest BCUT2D eigenvalue weighted by Gasteiger charge is -2.19. The van der Waals surface area contributed by atoms with Crippen LogP contribution >= 0.6 is 15.9 Å². The van der Waals surface area contributed by atoms with Crippen molar-refractivity contribution in [3.63, 3.8) is 0 Å². The summed E-state index contributed by atoms with van der Waals surface area (Å²) in [5.41, 5.74) is 0.0918. The van der Waals surface area contributed by atoms with Crippen molar-refractivity contribution < 1.29 is 9.18 Å². The summed E-state index contributed by atoms with van der Waals surface area (Å²) in [5, 5.41) is 3.46. The Kier molecular flexibility index (Phi) is 4.93. The Morgan fingerprint density at radius 3 is 2.56 bits per heavy atom. The number of hydrogen-bond donors (Lipinski definition) is 1. The predicted octanol–water partition coefficient (Wildman–Crippen LogP) is 2.98. The Morgan fingerprint density at radius 2 is 2.06 bits per heavy atom. The molecule has 1 unspecified atom stereocenters. The van der Waals surface area contributed by atoms with Crippen molar-refractivity contribution in [1.82, 2.24) is 5.32 Å². The second-order valence-corrected chi connectivity index (χ2v) is 4.61. The van der Waals surface area contributed by atoms with Crippen molar-refractivity contribution in [2.75, 3.05) is 5.33 Å². The average molecular weight is 288 g/mol. The van der Waals surface area contributed by atoms with Crippen molar-refractivity contribution in [3.8, 4) is 0 Å². The van der Waals surface area contributed by atoms with Gasteiger partial charge in [-0.15, -0.1) is 0 Å². The van der Waals surface area contributed by atoms with Crippen LogP contribution < -0.4 is 5.32 Å². The van der Waals surface area contributed by atoms with Crippen LogP contribution in [0.3, 0.4) is 0 Å². The molecule has 1 N–H and O–H groups in total. The summed E-state index contributed by atoms with van der Waals surface area (Å²) in [4.78, 5) is 11.8. The molecule has 0 aliphatic carbocycles. The number of nitrogens with one attached hydrogen (secondary N) is 1. The SMILES string of the molecule is CC(C)C(CBr)NC(=O)c1ccccc1F. The van der Waals surface area contributed by atoms with Crippen LogP contribution in [-0.2, 0) is 0 Å². The second kappa shape index (κ2) is 5.99. The number of amides is 1. The fourth-order valence-electron chi connectivity index (χ4n) is 1.27. The molecule has 16 heavy (non-hydrogen) atoms. The zero-order chi connectivity index (χ0) is 12.1. The molecule has 0 radical (unpaired) electrons. The summed E-state index contributed by atoms with van der Waals surface area (Å²) in [6, 6.07) is 5.99. The van der Waals surface area contributed by atoms with E-state index in [0.717, 1.165) is 0 Å². The molecule has 0 heterocycles. The molecule has 1 atom stereocenters. The van der Waals surface area contributed by atoms with Crippen LogP contribution in [-0.4, -0.2) is 17.3 Å². The van der Waals surface area contributed by atoms with Gasteiger partial charge < -0.3 is 5.32 Å². The monoisotopic (exact) mass is 287 g/mol. The molecule has 1 amide bonds. The minimum atomic E-state index is -0.489. The van der Waals surface area contributed by atoms with Crippen molar-refractivity contribution in [2.24, 2.45) is 5.92 Å². The van der Waals surface area contributed by atoms with E-state index < -0.39 is 5.82 Å². The van der Waals surface area contributed by atoms with Gasteiger partial charge in [-0.2, -0.15) is 0 Å². The van der Waals surface area contributed by atoms with Crippen LogP contribution in [0, 0.1) is 11.7 Å². The number of rotatable bonds is 4. The highest BCUT2D eigenvalue weighted by molar-refractivity contribution is 9.09. The van der Waals surface area contributed by atoms with E-state index in [2.05, 4.69) is 21.2 Å². The minimum absolute atomic E-state index is 0.00658. The third kappa shape index (κ3) is 3.30. The maximum atomic E-state index is 13.3. The molecule has 4 heteroatoms. The maximum Gasteiger partial charge on any atom is 0.254 e. The van der Waals surface area contributed by atoms with E-state index in [-0.39, 0.29) is 17.5 Å². The van der Waals surface area contributed by atoms with E-state index in [1.165, 1.54) is 12.1 Å². The molecule has 1 aromatic carbocycles. The standard InChI is InChI=1S/C12H15BrFNO/c1-8(2)11(7-13)15-12(16)9-5-3-4-6-10(9)14/h3-6,8,11H,7H2,1-2H3,(H,15,16). The Bertz CT molecular complexity index is 368. The molecule has 0 aliphatic heterocycles. The average Bonchev–Trinajstić information content (AvgIpc) is 2.25. The van der Waals surface area contributed by atoms with Gasteiger partial charge in [-0.1, -0.05) is 41.9 Å². The van der Waals surface area contributed by atoms with Gasteiger partial charge in [0.1, 0.15) is 5.82 Å². The molecule has 0 saturated carbocycles. The van der Waals surface area contributed by atoms with Gasteiger partial charge in [0.05, 0.1) is 5.56 Å². The highest BCUT2D eigenvalue weighted by atomic mass is 79.9. The molecule has 0 aromatic heterocycles. The molecule has 0 spiro atoms. The lowest BCUT2D eigenvalue weighted by Crippen LogP contribution is -2.40. The normalized spacial score (nSPS) is 12.6. The summed E-state index contributed by atoms with van der Waals surface area (Å²) < 4.78 is 13.3. The third-order valence-electron chi connectivity index (χ3n) is 2.41. The van der Waals surface area contributed by atoms with Gasteiger partial charge in [-0.3, -0.25) is 4.79 Å².